The molecule has 0 saturated carbocycles. The van der Waals surface area contributed by atoms with Gasteiger partial charge in [0.15, 0.2) is 5.84 Å². The normalized spacial score (nSPS) is 11.7. The monoisotopic (exact) mass is 290 g/mol. The number of thioether (sulfide) groups is 1. The first-order chi connectivity index (χ1) is 7.19. The van der Waals surface area contributed by atoms with Crippen LogP contribution in [-0.2, 0) is 0 Å². The van der Waals surface area contributed by atoms with Crippen LogP contribution in [0.15, 0.2) is 32.7 Å². The number of benzene rings is 1. The number of hydrogen-bond acceptors (Lipinski definition) is 4. The second-order valence-electron chi connectivity index (χ2n) is 2.70. The molecule has 0 aliphatic carbocycles. The number of nitrogens with two attached hydrogens (primary N) is 1. The number of oxime groups is 1. The van der Waals surface area contributed by atoms with Gasteiger partial charge >= 0.3 is 0 Å². The first-order valence-electron chi connectivity index (χ1n) is 4.20. The zero-order valence-electron chi connectivity index (χ0n) is 7.85. The Morgan fingerprint density at radius 1 is 1.53 bits per heavy atom. The lowest BCUT2D eigenvalue weighted by atomic mass is 10.2. The summed E-state index contributed by atoms with van der Waals surface area (Å²) in [6, 6.07) is 5.50. The van der Waals surface area contributed by atoms with Gasteiger partial charge in [-0.15, -0.1) is 11.8 Å². The molecule has 0 bridgehead atoms. The first kappa shape index (κ1) is 12.4. The Morgan fingerprint density at radius 2 is 2.27 bits per heavy atom. The van der Waals surface area contributed by atoms with E-state index in [-0.39, 0.29) is 12.4 Å². The molecule has 1 aromatic carbocycles. The minimum atomic E-state index is 0.0664. The molecule has 0 amide bonds. The van der Waals surface area contributed by atoms with Gasteiger partial charge in [0.1, 0.15) is 0 Å². The van der Waals surface area contributed by atoms with E-state index in [1.807, 2.05) is 12.1 Å². The largest absolute Gasteiger partial charge is 0.409 e. The van der Waals surface area contributed by atoms with E-state index < -0.39 is 0 Å². The molecule has 0 unspecified atom stereocenters. The van der Waals surface area contributed by atoms with Crippen molar-refractivity contribution in [2.75, 3.05) is 12.4 Å². The third-order valence-electron chi connectivity index (χ3n) is 1.67. The Balaban J connectivity index is 3.03. The van der Waals surface area contributed by atoms with Gasteiger partial charge in [0.2, 0.25) is 0 Å². The van der Waals surface area contributed by atoms with Crippen LogP contribution in [0.2, 0.25) is 0 Å². The number of nitrogens with zero attached hydrogens (tertiary/aromatic N) is 1. The number of halogens is 1. The molecule has 0 spiro atoms. The SMILES string of the molecule is N/C(=N/O)c1cc(Br)ccc1SCCO. The molecule has 0 aliphatic rings. The van der Waals surface area contributed by atoms with Crippen LogP contribution < -0.4 is 5.73 Å². The van der Waals surface area contributed by atoms with Crippen molar-refractivity contribution >= 4 is 33.5 Å². The highest BCUT2D eigenvalue weighted by molar-refractivity contribution is 9.10. The van der Waals surface area contributed by atoms with E-state index in [1.54, 1.807) is 6.07 Å². The number of aliphatic hydroxyl groups is 1. The van der Waals surface area contributed by atoms with Gasteiger partial charge in [0.05, 0.1) is 6.61 Å². The van der Waals surface area contributed by atoms with Crippen LogP contribution in [-0.4, -0.2) is 28.5 Å². The summed E-state index contributed by atoms with van der Waals surface area (Å²) in [6.07, 6.45) is 0. The van der Waals surface area contributed by atoms with E-state index in [0.717, 1.165) is 9.37 Å². The number of rotatable bonds is 4. The Hall–Kier alpha value is -0.720. The molecule has 4 N–H and O–H groups in total. The summed E-state index contributed by atoms with van der Waals surface area (Å²) in [5.74, 6) is 0.643. The first-order valence-corrected chi connectivity index (χ1v) is 5.98. The maximum atomic E-state index is 8.73. The zero-order valence-corrected chi connectivity index (χ0v) is 10.3. The molecule has 82 valence electrons. The van der Waals surface area contributed by atoms with Gasteiger partial charge in [-0.3, -0.25) is 0 Å². The summed E-state index contributed by atoms with van der Waals surface area (Å²) in [7, 11) is 0. The highest BCUT2D eigenvalue weighted by Gasteiger charge is 2.07. The van der Waals surface area contributed by atoms with E-state index in [1.165, 1.54) is 11.8 Å². The fraction of sp³-hybridized carbons (Fsp3) is 0.222. The molecule has 1 aromatic rings. The molecule has 0 aromatic heterocycles. The number of amidine groups is 1. The van der Waals surface area contributed by atoms with E-state index in [0.29, 0.717) is 11.3 Å². The van der Waals surface area contributed by atoms with Crippen molar-refractivity contribution in [2.24, 2.45) is 10.9 Å². The summed E-state index contributed by atoms with van der Waals surface area (Å²) < 4.78 is 0.859. The predicted octanol–water partition coefficient (Wildman–Crippen LogP) is 1.63. The zero-order chi connectivity index (χ0) is 11.3. The molecule has 0 radical (unpaired) electrons. The molecule has 4 nitrogen and oxygen atoms in total. The molecular weight excluding hydrogens is 280 g/mol. The molecule has 6 heteroatoms. The second-order valence-corrected chi connectivity index (χ2v) is 4.75. The smallest absolute Gasteiger partial charge is 0.171 e. The van der Waals surface area contributed by atoms with Gasteiger partial charge in [-0.1, -0.05) is 21.1 Å². The predicted molar refractivity (Wildman–Crippen MR) is 64.5 cm³/mol. The summed E-state index contributed by atoms with van der Waals surface area (Å²) in [6.45, 7) is 0.0936. The molecule has 0 aliphatic heterocycles. The van der Waals surface area contributed by atoms with Crippen molar-refractivity contribution in [3.63, 3.8) is 0 Å². The second kappa shape index (κ2) is 5.99. The summed E-state index contributed by atoms with van der Waals surface area (Å²) >= 11 is 4.77. The average molecular weight is 291 g/mol. The van der Waals surface area contributed by atoms with E-state index in [9.17, 15) is 0 Å². The van der Waals surface area contributed by atoms with Gasteiger partial charge < -0.3 is 16.0 Å². The van der Waals surface area contributed by atoms with Crippen LogP contribution in [0, 0.1) is 0 Å². The lowest BCUT2D eigenvalue weighted by Crippen LogP contribution is -2.14. The van der Waals surface area contributed by atoms with Gasteiger partial charge in [-0.2, -0.15) is 0 Å². The Bertz CT molecular complexity index is 371. The Morgan fingerprint density at radius 3 is 2.87 bits per heavy atom. The molecule has 0 fully saturated rings. The summed E-state index contributed by atoms with van der Waals surface area (Å²) in [5, 5.41) is 20.3. The fourth-order valence-electron chi connectivity index (χ4n) is 1.04. The lowest BCUT2D eigenvalue weighted by Gasteiger charge is -2.07. The molecular formula is C9H11BrN2O2S. The third-order valence-corrected chi connectivity index (χ3v) is 3.22. The lowest BCUT2D eigenvalue weighted by molar-refractivity contribution is 0.318. The van der Waals surface area contributed by atoms with E-state index in [2.05, 4.69) is 21.1 Å². The van der Waals surface area contributed by atoms with Crippen molar-refractivity contribution in [1.29, 1.82) is 0 Å². The van der Waals surface area contributed by atoms with Crippen molar-refractivity contribution in [3.05, 3.63) is 28.2 Å². The molecule has 0 atom stereocenters. The standard InChI is InChI=1S/C9H11BrN2O2S/c10-6-1-2-8(15-4-3-13)7(5-6)9(11)12-14/h1-2,5,13-14H,3-4H2,(H2,11,12). The van der Waals surface area contributed by atoms with Gasteiger partial charge in [0, 0.05) is 20.7 Å². The fourth-order valence-corrected chi connectivity index (χ4v) is 2.19. The van der Waals surface area contributed by atoms with Crippen molar-refractivity contribution in [3.8, 4) is 0 Å². The molecule has 1 rings (SSSR count). The Kier molecular flexibility index (Phi) is 4.93. The quantitative estimate of drug-likeness (QED) is 0.259. The minimum absolute atomic E-state index is 0.0664. The van der Waals surface area contributed by atoms with E-state index in [4.69, 9.17) is 16.0 Å². The Labute approximate surface area is 100 Å². The van der Waals surface area contributed by atoms with Crippen molar-refractivity contribution in [1.82, 2.24) is 0 Å². The topological polar surface area (TPSA) is 78.8 Å². The van der Waals surface area contributed by atoms with Crippen molar-refractivity contribution in [2.45, 2.75) is 4.90 Å². The van der Waals surface area contributed by atoms with Crippen LogP contribution in [0.1, 0.15) is 5.56 Å². The van der Waals surface area contributed by atoms with Crippen LogP contribution in [0.3, 0.4) is 0 Å². The number of aliphatic hydroxyl groups excluding tert-OH is 1. The highest BCUT2D eigenvalue weighted by atomic mass is 79.9. The summed E-state index contributed by atoms with van der Waals surface area (Å²) in [5.41, 5.74) is 6.20. The van der Waals surface area contributed by atoms with Gasteiger partial charge in [-0.05, 0) is 18.2 Å². The van der Waals surface area contributed by atoms with Gasteiger partial charge in [-0.25, -0.2) is 0 Å². The minimum Gasteiger partial charge on any atom is -0.409 e. The van der Waals surface area contributed by atoms with Gasteiger partial charge in [0.25, 0.3) is 0 Å². The third kappa shape index (κ3) is 3.40. The van der Waals surface area contributed by atoms with Crippen molar-refractivity contribution < 1.29 is 10.3 Å². The summed E-state index contributed by atoms with van der Waals surface area (Å²) in [4.78, 5) is 0.877. The highest BCUT2D eigenvalue weighted by Crippen LogP contribution is 2.25. The molecule has 0 saturated heterocycles. The molecule has 0 heterocycles. The van der Waals surface area contributed by atoms with Crippen LogP contribution in [0.4, 0.5) is 0 Å². The maximum absolute atomic E-state index is 8.73. The molecule has 15 heavy (non-hydrogen) atoms. The number of hydrogen-bond donors (Lipinski definition) is 3. The van der Waals surface area contributed by atoms with Crippen LogP contribution >= 0.6 is 27.7 Å². The van der Waals surface area contributed by atoms with Crippen LogP contribution in [0.25, 0.3) is 0 Å². The average Bonchev–Trinajstić information content (AvgIpc) is 2.26. The maximum Gasteiger partial charge on any atom is 0.171 e. The van der Waals surface area contributed by atoms with E-state index >= 15 is 0 Å². The van der Waals surface area contributed by atoms with Crippen LogP contribution in [0.5, 0.6) is 0 Å².